The van der Waals surface area contributed by atoms with Gasteiger partial charge in [-0.1, -0.05) is 30.3 Å². The van der Waals surface area contributed by atoms with Gasteiger partial charge in [0.1, 0.15) is 6.04 Å². The monoisotopic (exact) mass is 378 g/mol. The number of nitrogens with two attached hydrogens (primary N) is 1. The van der Waals surface area contributed by atoms with E-state index in [9.17, 15) is 9.59 Å². The van der Waals surface area contributed by atoms with Gasteiger partial charge in [0.05, 0.1) is 6.42 Å². The van der Waals surface area contributed by atoms with Crippen molar-refractivity contribution in [1.29, 1.82) is 0 Å². The van der Waals surface area contributed by atoms with E-state index in [4.69, 9.17) is 5.73 Å². The molecule has 28 heavy (non-hydrogen) atoms. The third-order valence-electron chi connectivity index (χ3n) is 4.13. The third-order valence-corrected chi connectivity index (χ3v) is 4.13. The highest BCUT2D eigenvalue weighted by Crippen LogP contribution is 2.14. The van der Waals surface area contributed by atoms with E-state index in [1.54, 1.807) is 6.07 Å². The molecule has 0 aromatic heterocycles. The predicted octanol–water partition coefficient (Wildman–Crippen LogP) is 1.91. The van der Waals surface area contributed by atoms with Crippen LogP contribution in [0.15, 0.2) is 58.5 Å². The number of amides is 2. The lowest BCUT2D eigenvalue weighted by Crippen LogP contribution is -2.32. The van der Waals surface area contributed by atoms with Crippen molar-refractivity contribution in [2.24, 2.45) is 15.7 Å². The van der Waals surface area contributed by atoms with Crippen LogP contribution in [-0.4, -0.2) is 29.8 Å². The van der Waals surface area contributed by atoms with Crippen molar-refractivity contribution in [3.8, 4) is 0 Å². The fourth-order valence-electron chi connectivity index (χ4n) is 2.73. The molecule has 144 valence electrons. The van der Waals surface area contributed by atoms with E-state index >= 15 is 0 Å². The highest BCUT2D eigenvalue weighted by atomic mass is 16.2. The number of nitrogens with zero attached hydrogens (tertiary/aromatic N) is 2. The molecule has 0 saturated heterocycles. The number of rotatable bonds is 4. The molecule has 1 aliphatic heterocycles. The summed E-state index contributed by atoms with van der Waals surface area (Å²) in [6.07, 6.45) is -0.0794. The van der Waals surface area contributed by atoms with Crippen molar-refractivity contribution in [3.63, 3.8) is 0 Å². The van der Waals surface area contributed by atoms with Gasteiger partial charge in [-0.25, -0.2) is 4.99 Å². The molecule has 2 aromatic rings. The lowest BCUT2D eigenvalue weighted by molar-refractivity contribution is -0.123. The van der Waals surface area contributed by atoms with Gasteiger partial charge in [0.2, 0.25) is 17.8 Å². The maximum Gasteiger partial charge on any atom is 0.252 e. The van der Waals surface area contributed by atoms with E-state index < -0.39 is 6.04 Å². The van der Waals surface area contributed by atoms with Crippen LogP contribution in [0.25, 0.3) is 0 Å². The number of anilines is 2. The molecule has 3 rings (SSSR count). The van der Waals surface area contributed by atoms with Gasteiger partial charge in [0.25, 0.3) is 5.91 Å². The highest BCUT2D eigenvalue weighted by molar-refractivity contribution is 6.11. The van der Waals surface area contributed by atoms with Crippen LogP contribution in [-0.2, 0) is 9.59 Å². The quantitative estimate of drug-likeness (QED) is 0.480. The first-order valence-corrected chi connectivity index (χ1v) is 8.83. The molecule has 2 amide bonds. The lowest BCUT2D eigenvalue weighted by Gasteiger charge is -2.07. The fraction of sp³-hybridized carbons (Fsp3) is 0.200. The summed E-state index contributed by atoms with van der Waals surface area (Å²) in [4.78, 5) is 32.5. The second kappa shape index (κ2) is 8.34. The highest BCUT2D eigenvalue weighted by Gasteiger charge is 2.28. The summed E-state index contributed by atoms with van der Waals surface area (Å²) in [5.74, 6) is -0.511. The van der Waals surface area contributed by atoms with Crippen LogP contribution in [0.4, 0.5) is 11.4 Å². The molecule has 0 saturated carbocycles. The molecule has 8 nitrogen and oxygen atoms in total. The molecule has 0 spiro atoms. The summed E-state index contributed by atoms with van der Waals surface area (Å²) >= 11 is 0. The van der Waals surface area contributed by atoms with Gasteiger partial charge in [-0.3, -0.25) is 14.9 Å². The summed E-state index contributed by atoms with van der Waals surface area (Å²) in [5, 5.41) is 8.26. The number of hydrogen-bond acceptors (Lipinski definition) is 4. The summed E-state index contributed by atoms with van der Waals surface area (Å²) in [6.45, 7) is 3.87. The molecule has 1 heterocycles. The number of aryl methyl sites for hydroxylation is 2. The second-order valence-corrected chi connectivity index (χ2v) is 6.52. The van der Waals surface area contributed by atoms with Crippen molar-refractivity contribution >= 4 is 35.1 Å². The molecular formula is C20H22N6O2. The molecule has 1 atom stereocenters. The van der Waals surface area contributed by atoms with Crippen LogP contribution < -0.4 is 21.7 Å². The van der Waals surface area contributed by atoms with Crippen LogP contribution >= 0.6 is 0 Å². The Bertz CT molecular complexity index is 967. The van der Waals surface area contributed by atoms with Crippen molar-refractivity contribution in [1.82, 2.24) is 5.32 Å². The minimum atomic E-state index is -0.838. The van der Waals surface area contributed by atoms with Crippen LogP contribution in [0, 0.1) is 13.8 Å². The number of carbonyl (C=O) groups excluding carboxylic acids is 2. The molecule has 1 aliphatic rings. The average molecular weight is 378 g/mol. The first-order chi connectivity index (χ1) is 13.4. The summed E-state index contributed by atoms with van der Waals surface area (Å²) in [7, 11) is 0. The zero-order chi connectivity index (χ0) is 20.1. The van der Waals surface area contributed by atoms with Crippen molar-refractivity contribution in [2.45, 2.75) is 26.3 Å². The van der Waals surface area contributed by atoms with Crippen molar-refractivity contribution in [3.05, 3.63) is 59.7 Å². The Kier molecular flexibility index (Phi) is 5.69. The first kappa shape index (κ1) is 19.1. The van der Waals surface area contributed by atoms with Crippen molar-refractivity contribution in [2.75, 3.05) is 10.6 Å². The number of nitrogens with one attached hydrogen (secondary N) is 3. The van der Waals surface area contributed by atoms with Crippen LogP contribution in [0.1, 0.15) is 17.5 Å². The zero-order valence-corrected chi connectivity index (χ0v) is 15.7. The number of carbonyl (C=O) groups is 2. The van der Waals surface area contributed by atoms with Gasteiger partial charge in [-0.2, -0.15) is 4.99 Å². The van der Waals surface area contributed by atoms with Gasteiger partial charge < -0.3 is 16.4 Å². The summed E-state index contributed by atoms with van der Waals surface area (Å²) in [6, 6.07) is 14.2. The molecule has 8 heteroatoms. The van der Waals surface area contributed by atoms with Gasteiger partial charge in [-0.15, -0.1) is 0 Å². The Balaban J connectivity index is 1.62. The zero-order valence-electron chi connectivity index (χ0n) is 15.7. The van der Waals surface area contributed by atoms with E-state index in [1.807, 2.05) is 56.3 Å². The molecule has 0 aliphatic carbocycles. The molecule has 0 bridgehead atoms. The Labute approximate surface area is 163 Å². The van der Waals surface area contributed by atoms with E-state index in [2.05, 4.69) is 25.9 Å². The van der Waals surface area contributed by atoms with Crippen LogP contribution in [0.5, 0.6) is 0 Å². The molecular weight excluding hydrogens is 356 g/mol. The van der Waals surface area contributed by atoms with Crippen molar-refractivity contribution < 1.29 is 9.59 Å². The normalized spacial score (nSPS) is 16.4. The van der Waals surface area contributed by atoms with Gasteiger partial charge in [-0.05, 0) is 43.2 Å². The van der Waals surface area contributed by atoms with E-state index in [0.29, 0.717) is 5.69 Å². The Morgan fingerprint density at radius 2 is 1.96 bits per heavy atom. The van der Waals surface area contributed by atoms with Gasteiger partial charge in [0, 0.05) is 11.4 Å². The Hall–Kier alpha value is -3.68. The van der Waals surface area contributed by atoms with E-state index in [1.165, 1.54) is 0 Å². The molecule has 2 aromatic carbocycles. The minimum Gasteiger partial charge on any atom is -0.369 e. The summed E-state index contributed by atoms with van der Waals surface area (Å²) < 4.78 is 0. The number of para-hydroxylation sites is 1. The Morgan fingerprint density at radius 3 is 2.71 bits per heavy atom. The fourth-order valence-corrected chi connectivity index (χ4v) is 2.73. The molecule has 0 fully saturated rings. The van der Waals surface area contributed by atoms with Crippen LogP contribution in [0.3, 0.4) is 0 Å². The average Bonchev–Trinajstić information content (AvgIpc) is 2.95. The molecule has 1 unspecified atom stereocenters. The van der Waals surface area contributed by atoms with Gasteiger partial charge >= 0.3 is 0 Å². The second-order valence-electron chi connectivity index (χ2n) is 6.52. The van der Waals surface area contributed by atoms with E-state index in [0.717, 1.165) is 16.8 Å². The number of benzene rings is 2. The number of aliphatic imine (C=N–C) groups is 2. The summed E-state index contributed by atoms with van der Waals surface area (Å²) in [5.41, 5.74) is 9.41. The van der Waals surface area contributed by atoms with E-state index in [-0.39, 0.29) is 30.2 Å². The minimum absolute atomic E-state index is 0.0794. The Morgan fingerprint density at radius 1 is 1.18 bits per heavy atom. The first-order valence-electron chi connectivity index (χ1n) is 8.83. The maximum absolute atomic E-state index is 12.2. The number of hydrogen-bond donors (Lipinski definition) is 4. The molecule has 0 radical (unpaired) electrons. The van der Waals surface area contributed by atoms with Crippen LogP contribution in [0.2, 0.25) is 0 Å². The van der Waals surface area contributed by atoms with Gasteiger partial charge in [0.15, 0.2) is 0 Å². The maximum atomic E-state index is 12.2. The molecule has 5 N–H and O–H groups in total. The largest absolute Gasteiger partial charge is 0.369 e. The smallest absolute Gasteiger partial charge is 0.252 e. The SMILES string of the molecule is Cc1cccc(NC(=O)CC2N=C(/N=C(\N)Nc3ccccc3C)NC2=O)c1. The lowest BCUT2D eigenvalue weighted by atomic mass is 10.2. The number of guanidine groups is 2. The standard InChI is InChI=1S/C20H22N6O2/c1-12-6-5-8-14(10-12)22-17(27)11-16-18(28)25-20(24-16)26-19(21)23-15-9-4-3-7-13(15)2/h3-10,16H,11H2,1-2H3,(H,22,27)(H4,21,23,24,25,26,28). The topological polar surface area (TPSA) is 121 Å². The predicted molar refractivity (Wildman–Crippen MR) is 110 cm³/mol. The third kappa shape index (κ3) is 4.94.